The molecule has 2 N–H and O–H groups in total. The van der Waals surface area contributed by atoms with Crippen LogP contribution in [0.1, 0.15) is 18.0 Å². The standard InChI is InChI=1S/C10H9BrF3NO2/c11-6-2-9-8(16-4-17-9)1-5(6)7(15)3-10(12,13)14/h1-2,7H,3-4,15H2/t7-/m1/s1. The Morgan fingerprint density at radius 2 is 1.88 bits per heavy atom. The monoisotopic (exact) mass is 311 g/mol. The molecule has 0 saturated heterocycles. The highest BCUT2D eigenvalue weighted by molar-refractivity contribution is 9.10. The molecule has 7 heteroatoms. The Balaban J connectivity index is 2.26. The average Bonchev–Trinajstić information content (AvgIpc) is 2.60. The van der Waals surface area contributed by atoms with Gasteiger partial charge in [0.25, 0.3) is 0 Å². The van der Waals surface area contributed by atoms with Crippen LogP contribution >= 0.6 is 15.9 Å². The van der Waals surface area contributed by atoms with E-state index in [-0.39, 0.29) is 6.79 Å². The van der Waals surface area contributed by atoms with Gasteiger partial charge in [0.2, 0.25) is 6.79 Å². The van der Waals surface area contributed by atoms with Crippen molar-refractivity contribution in [3.63, 3.8) is 0 Å². The maximum Gasteiger partial charge on any atom is 0.390 e. The van der Waals surface area contributed by atoms with E-state index in [0.717, 1.165) is 0 Å². The molecule has 1 aliphatic rings. The summed E-state index contributed by atoms with van der Waals surface area (Å²) in [6.07, 6.45) is -5.37. The average molecular weight is 312 g/mol. The van der Waals surface area contributed by atoms with E-state index < -0.39 is 18.6 Å². The van der Waals surface area contributed by atoms with Gasteiger partial charge >= 0.3 is 6.18 Å². The second kappa shape index (κ2) is 4.38. The first-order chi connectivity index (χ1) is 7.87. The van der Waals surface area contributed by atoms with Crippen molar-refractivity contribution in [3.05, 3.63) is 22.2 Å². The highest BCUT2D eigenvalue weighted by Crippen LogP contribution is 2.40. The molecule has 1 aromatic carbocycles. The van der Waals surface area contributed by atoms with Crippen LogP contribution in [-0.2, 0) is 0 Å². The predicted molar refractivity (Wildman–Crippen MR) is 57.9 cm³/mol. The number of hydrogen-bond donors (Lipinski definition) is 1. The van der Waals surface area contributed by atoms with Gasteiger partial charge in [0.15, 0.2) is 11.5 Å². The van der Waals surface area contributed by atoms with E-state index in [1.807, 2.05) is 0 Å². The Kier molecular flexibility index (Phi) is 3.22. The van der Waals surface area contributed by atoms with Gasteiger partial charge in [-0.05, 0) is 17.7 Å². The molecule has 3 nitrogen and oxygen atoms in total. The minimum atomic E-state index is -4.30. The molecule has 1 atom stereocenters. The van der Waals surface area contributed by atoms with Crippen molar-refractivity contribution in [2.24, 2.45) is 5.73 Å². The zero-order valence-electron chi connectivity index (χ0n) is 8.55. The summed E-state index contributed by atoms with van der Waals surface area (Å²) in [5.74, 6) is 0.917. The van der Waals surface area contributed by atoms with Crippen LogP contribution in [0.15, 0.2) is 16.6 Å². The molecular formula is C10H9BrF3NO2. The highest BCUT2D eigenvalue weighted by Gasteiger charge is 2.32. The van der Waals surface area contributed by atoms with Crippen LogP contribution in [0.25, 0.3) is 0 Å². The molecule has 0 radical (unpaired) electrons. The van der Waals surface area contributed by atoms with Crippen molar-refractivity contribution in [1.29, 1.82) is 0 Å². The number of halogens is 4. The lowest BCUT2D eigenvalue weighted by molar-refractivity contribution is -0.138. The van der Waals surface area contributed by atoms with Gasteiger partial charge in [-0.3, -0.25) is 0 Å². The number of ether oxygens (including phenoxy) is 2. The molecular weight excluding hydrogens is 303 g/mol. The van der Waals surface area contributed by atoms with Crippen LogP contribution in [0.4, 0.5) is 13.2 Å². The second-order valence-corrected chi connectivity index (χ2v) is 4.51. The first kappa shape index (κ1) is 12.5. The van der Waals surface area contributed by atoms with Crippen LogP contribution in [0.2, 0.25) is 0 Å². The number of fused-ring (bicyclic) bond motifs is 1. The lowest BCUT2D eigenvalue weighted by atomic mass is 10.0. The van der Waals surface area contributed by atoms with Gasteiger partial charge in [-0.25, -0.2) is 0 Å². The number of hydrogen-bond acceptors (Lipinski definition) is 3. The topological polar surface area (TPSA) is 44.5 Å². The Hall–Kier alpha value is -0.950. The van der Waals surface area contributed by atoms with Gasteiger partial charge in [-0.2, -0.15) is 13.2 Å². The van der Waals surface area contributed by atoms with Gasteiger partial charge in [-0.15, -0.1) is 0 Å². The molecule has 2 rings (SSSR count). The largest absolute Gasteiger partial charge is 0.454 e. The summed E-state index contributed by atoms with van der Waals surface area (Å²) in [4.78, 5) is 0. The van der Waals surface area contributed by atoms with Gasteiger partial charge in [0, 0.05) is 10.5 Å². The minimum absolute atomic E-state index is 0.0692. The van der Waals surface area contributed by atoms with E-state index in [4.69, 9.17) is 15.2 Å². The third-order valence-electron chi connectivity index (χ3n) is 2.34. The van der Waals surface area contributed by atoms with Crippen molar-refractivity contribution < 1.29 is 22.6 Å². The van der Waals surface area contributed by atoms with E-state index in [1.165, 1.54) is 6.07 Å². The van der Waals surface area contributed by atoms with Crippen molar-refractivity contribution >= 4 is 15.9 Å². The molecule has 1 heterocycles. The number of benzene rings is 1. The zero-order chi connectivity index (χ0) is 12.6. The van der Waals surface area contributed by atoms with Crippen molar-refractivity contribution in [2.75, 3.05) is 6.79 Å². The maximum atomic E-state index is 12.2. The van der Waals surface area contributed by atoms with Gasteiger partial charge in [0.05, 0.1) is 6.42 Å². The van der Waals surface area contributed by atoms with Crippen molar-refractivity contribution in [2.45, 2.75) is 18.6 Å². The molecule has 0 aromatic heterocycles. The summed E-state index contributed by atoms with van der Waals surface area (Å²) >= 11 is 3.18. The van der Waals surface area contributed by atoms with Crippen LogP contribution in [-0.4, -0.2) is 13.0 Å². The van der Waals surface area contributed by atoms with E-state index in [1.54, 1.807) is 6.07 Å². The molecule has 0 spiro atoms. The Bertz CT molecular complexity index is 436. The molecule has 0 fully saturated rings. The quantitative estimate of drug-likeness (QED) is 0.912. The molecule has 0 unspecified atom stereocenters. The molecule has 0 bridgehead atoms. The number of nitrogens with two attached hydrogens (primary N) is 1. The third kappa shape index (κ3) is 2.84. The molecule has 0 saturated carbocycles. The summed E-state index contributed by atoms with van der Waals surface area (Å²) in [6, 6.07) is 1.91. The summed E-state index contributed by atoms with van der Waals surface area (Å²) in [7, 11) is 0. The first-order valence-electron chi connectivity index (χ1n) is 4.78. The summed E-state index contributed by atoms with van der Waals surface area (Å²) < 4.78 is 47.4. The Morgan fingerprint density at radius 1 is 1.29 bits per heavy atom. The van der Waals surface area contributed by atoms with Gasteiger partial charge in [0.1, 0.15) is 0 Å². The van der Waals surface area contributed by atoms with Crippen molar-refractivity contribution in [1.82, 2.24) is 0 Å². The summed E-state index contributed by atoms with van der Waals surface area (Å²) in [5.41, 5.74) is 5.88. The van der Waals surface area contributed by atoms with Crippen LogP contribution < -0.4 is 15.2 Å². The molecule has 1 aliphatic heterocycles. The molecule has 0 amide bonds. The lowest BCUT2D eigenvalue weighted by Gasteiger charge is -2.16. The second-order valence-electron chi connectivity index (χ2n) is 3.65. The zero-order valence-corrected chi connectivity index (χ0v) is 10.1. The van der Waals surface area contributed by atoms with Gasteiger partial charge < -0.3 is 15.2 Å². The fourth-order valence-corrected chi connectivity index (χ4v) is 2.19. The molecule has 94 valence electrons. The Morgan fingerprint density at radius 3 is 2.47 bits per heavy atom. The third-order valence-corrected chi connectivity index (χ3v) is 3.03. The number of rotatable bonds is 2. The van der Waals surface area contributed by atoms with Crippen LogP contribution in [0.5, 0.6) is 11.5 Å². The van der Waals surface area contributed by atoms with E-state index in [0.29, 0.717) is 21.5 Å². The first-order valence-corrected chi connectivity index (χ1v) is 5.57. The summed E-state index contributed by atoms with van der Waals surface area (Å²) in [6.45, 7) is 0.0692. The van der Waals surface area contributed by atoms with E-state index in [2.05, 4.69) is 15.9 Å². The van der Waals surface area contributed by atoms with Crippen LogP contribution in [0, 0.1) is 0 Å². The lowest BCUT2D eigenvalue weighted by Crippen LogP contribution is -2.20. The van der Waals surface area contributed by atoms with E-state index in [9.17, 15) is 13.2 Å². The van der Waals surface area contributed by atoms with E-state index >= 15 is 0 Å². The highest BCUT2D eigenvalue weighted by atomic mass is 79.9. The van der Waals surface area contributed by atoms with Crippen LogP contribution in [0.3, 0.4) is 0 Å². The molecule has 0 aliphatic carbocycles. The minimum Gasteiger partial charge on any atom is -0.454 e. The fraction of sp³-hybridized carbons (Fsp3) is 0.400. The molecule has 1 aromatic rings. The SMILES string of the molecule is N[C@H](CC(F)(F)F)c1cc2c(cc1Br)OCO2. The van der Waals surface area contributed by atoms with Crippen molar-refractivity contribution in [3.8, 4) is 11.5 Å². The fourth-order valence-electron chi connectivity index (χ4n) is 1.58. The summed E-state index contributed by atoms with van der Waals surface area (Å²) in [5, 5.41) is 0. The maximum absolute atomic E-state index is 12.2. The predicted octanol–water partition coefficient (Wildman–Crippen LogP) is 3.13. The normalized spacial score (nSPS) is 16.1. The number of alkyl halides is 3. The molecule has 17 heavy (non-hydrogen) atoms. The Labute approximate surface area is 104 Å². The van der Waals surface area contributed by atoms with Gasteiger partial charge in [-0.1, -0.05) is 15.9 Å². The smallest absolute Gasteiger partial charge is 0.390 e.